The molecular weight excluding hydrogens is 348 g/mol. The predicted octanol–water partition coefficient (Wildman–Crippen LogP) is 1.88. The molecule has 0 bridgehead atoms. The molecule has 1 aromatic heterocycles. The van der Waals surface area contributed by atoms with Crippen molar-refractivity contribution in [2.45, 2.75) is 0 Å². The van der Waals surface area contributed by atoms with Crippen LogP contribution in [-0.2, 0) is 14.1 Å². The molecule has 0 amide bonds. The number of aromatic nitrogens is 2. The maximum Gasteiger partial charge on any atom is 0.328 e. The lowest BCUT2D eigenvalue weighted by molar-refractivity contribution is 0.795. The van der Waals surface area contributed by atoms with Crippen molar-refractivity contribution < 1.29 is 0 Å². The molecule has 2 rings (SSSR count). The minimum absolute atomic E-state index is 0.147. The number of anilines is 1. The van der Waals surface area contributed by atoms with Crippen LogP contribution in [0.15, 0.2) is 32.7 Å². The Hall–Kier alpha value is -3.02. The van der Waals surface area contributed by atoms with Crippen molar-refractivity contribution >= 4 is 32.7 Å². The Morgan fingerprint density at radius 3 is 2.14 bits per heavy atom. The summed E-state index contributed by atoms with van der Waals surface area (Å²) in [5.74, 6) is 0. The maximum absolute atomic E-state index is 11.9. The highest BCUT2D eigenvalue weighted by molar-refractivity contribution is 9.10. The third-order valence-corrected chi connectivity index (χ3v) is 3.86. The van der Waals surface area contributed by atoms with E-state index < -0.39 is 0 Å². The first-order valence-electron chi connectivity index (χ1n) is 6.01. The lowest BCUT2D eigenvalue weighted by atomic mass is 10.2. The highest BCUT2D eigenvalue weighted by Gasteiger charge is 2.13. The van der Waals surface area contributed by atoms with Gasteiger partial charge in [0.05, 0.1) is 16.7 Å². The first kappa shape index (κ1) is 15.4. The van der Waals surface area contributed by atoms with Crippen LogP contribution in [0.4, 0.5) is 5.69 Å². The normalized spacial score (nSPS) is 9.64. The number of hydrogen-bond donors (Lipinski definition) is 1. The third kappa shape index (κ3) is 2.35. The van der Waals surface area contributed by atoms with Crippen molar-refractivity contribution in [3.8, 4) is 18.2 Å². The van der Waals surface area contributed by atoms with Crippen LogP contribution in [0.2, 0.25) is 0 Å². The van der Waals surface area contributed by atoms with Crippen LogP contribution in [0.25, 0.3) is 11.0 Å². The van der Waals surface area contributed by atoms with Crippen LogP contribution in [-0.4, -0.2) is 9.13 Å². The number of rotatable bonds is 2. The SMILES string of the molecule is Cn1c(=O)n(C)c2cc(NC(C#N)=C(C#N)C#N)c(Br)cc21. The van der Waals surface area contributed by atoms with Crippen molar-refractivity contribution in [3.63, 3.8) is 0 Å². The second kappa shape index (κ2) is 5.77. The average Bonchev–Trinajstić information content (AvgIpc) is 2.72. The molecule has 1 N–H and O–H groups in total. The van der Waals surface area contributed by atoms with Crippen LogP contribution in [0.3, 0.4) is 0 Å². The van der Waals surface area contributed by atoms with Crippen LogP contribution < -0.4 is 11.0 Å². The standard InChI is InChI=1S/C14H9BrN6O/c1-20-12-3-9(15)10(4-13(12)21(2)14(20)22)19-11(7-18)8(5-16)6-17/h3-4,19H,1-2H3. The Balaban J connectivity index is 2.67. The Labute approximate surface area is 134 Å². The van der Waals surface area contributed by atoms with E-state index in [0.717, 1.165) is 0 Å². The molecule has 7 nitrogen and oxygen atoms in total. The van der Waals surface area contributed by atoms with Gasteiger partial charge in [-0.25, -0.2) is 4.79 Å². The molecule has 108 valence electrons. The molecule has 8 heteroatoms. The molecule has 0 aliphatic heterocycles. The fourth-order valence-corrected chi connectivity index (χ4v) is 2.46. The zero-order valence-corrected chi connectivity index (χ0v) is 13.3. The van der Waals surface area contributed by atoms with E-state index in [4.69, 9.17) is 15.8 Å². The predicted molar refractivity (Wildman–Crippen MR) is 83.3 cm³/mol. The Bertz CT molecular complexity index is 974. The van der Waals surface area contributed by atoms with Crippen LogP contribution in [0.5, 0.6) is 0 Å². The summed E-state index contributed by atoms with van der Waals surface area (Å²) in [6.45, 7) is 0. The number of hydrogen-bond acceptors (Lipinski definition) is 5. The van der Waals surface area contributed by atoms with Gasteiger partial charge in [-0.3, -0.25) is 9.13 Å². The fourth-order valence-electron chi connectivity index (χ4n) is 2.03. The van der Waals surface area contributed by atoms with Gasteiger partial charge in [0.1, 0.15) is 23.9 Å². The van der Waals surface area contributed by atoms with Crippen molar-refractivity contribution in [1.29, 1.82) is 15.8 Å². The molecule has 1 heterocycles. The first-order valence-corrected chi connectivity index (χ1v) is 6.80. The summed E-state index contributed by atoms with van der Waals surface area (Å²) in [7, 11) is 3.30. The van der Waals surface area contributed by atoms with Crippen molar-refractivity contribution in [1.82, 2.24) is 9.13 Å². The van der Waals surface area contributed by atoms with E-state index in [1.165, 1.54) is 9.13 Å². The molecule has 0 aliphatic carbocycles. The monoisotopic (exact) mass is 356 g/mol. The van der Waals surface area contributed by atoms with Crippen molar-refractivity contribution in [2.24, 2.45) is 14.1 Å². The highest BCUT2D eigenvalue weighted by Crippen LogP contribution is 2.29. The Kier molecular flexibility index (Phi) is 4.03. The minimum atomic E-state index is -0.309. The summed E-state index contributed by atoms with van der Waals surface area (Å²) in [5.41, 5.74) is 1.22. The number of imidazole rings is 1. The molecule has 0 fully saturated rings. The number of allylic oxidation sites excluding steroid dienone is 2. The van der Waals surface area contributed by atoms with Crippen molar-refractivity contribution in [2.75, 3.05) is 5.32 Å². The zero-order valence-electron chi connectivity index (χ0n) is 11.7. The van der Waals surface area contributed by atoms with Gasteiger partial charge in [-0.1, -0.05) is 0 Å². The highest BCUT2D eigenvalue weighted by atomic mass is 79.9. The molecule has 0 saturated carbocycles. The van der Waals surface area contributed by atoms with Crippen LogP contribution >= 0.6 is 15.9 Å². The lowest BCUT2D eigenvalue weighted by Crippen LogP contribution is -2.19. The van der Waals surface area contributed by atoms with Crippen molar-refractivity contribution in [3.05, 3.63) is 38.4 Å². The van der Waals surface area contributed by atoms with Crippen LogP contribution in [0.1, 0.15) is 0 Å². The van der Waals surface area contributed by atoms with Gasteiger partial charge in [0.15, 0.2) is 5.57 Å². The number of benzene rings is 1. The zero-order chi connectivity index (χ0) is 16.4. The van der Waals surface area contributed by atoms with E-state index in [1.807, 2.05) is 0 Å². The van der Waals surface area contributed by atoms with Crippen LogP contribution in [0, 0.1) is 34.0 Å². The number of nitriles is 3. The smallest absolute Gasteiger partial charge is 0.328 e. The molecule has 0 radical (unpaired) electrons. The second-order valence-corrected chi connectivity index (χ2v) is 5.29. The number of halogens is 1. The Morgan fingerprint density at radius 1 is 1.09 bits per heavy atom. The molecule has 0 saturated heterocycles. The molecule has 1 aromatic carbocycles. The fraction of sp³-hybridized carbons (Fsp3) is 0.143. The molecule has 0 atom stereocenters. The van der Waals surface area contributed by atoms with Gasteiger partial charge in [0.2, 0.25) is 0 Å². The average molecular weight is 357 g/mol. The topological polar surface area (TPSA) is 110 Å². The maximum atomic E-state index is 11.9. The summed E-state index contributed by atoms with van der Waals surface area (Å²) in [6, 6.07) is 8.51. The third-order valence-electron chi connectivity index (χ3n) is 3.21. The summed E-state index contributed by atoms with van der Waals surface area (Å²) >= 11 is 3.35. The Morgan fingerprint density at radius 2 is 1.64 bits per heavy atom. The van der Waals surface area contributed by atoms with Gasteiger partial charge in [-0.2, -0.15) is 15.8 Å². The van der Waals surface area contributed by atoms with E-state index in [1.54, 1.807) is 44.4 Å². The summed E-state index contributed by atoms with van der Waals surface area (Å²) in [4.78, 5) is 11.9. The number of nitrogens with zero attached hydrogens (tertiary/aromatic N) is 5. The quantitative estimate of drug-likeness (QED) is 0.825. The van der Waals surface area contributed by atoms with Gasteiger partial charge >= 0.3 is 5.69 Å². The van der Waals surface area contributed by atoms with E-state index in [0.29, 0.717) is 21.2 Å². The summed E-state index contributed by atoms with van der Waals surface area (Å²) < 4.78 is 3.57. The number of aryl methyl sites for hydroxylation is 2. The molecule has 0 unspecified atom stereocenters. The van der Waals surface area contributed by atoms with Gasteiger partial charge in [-0.15, -0.1) is 0 Å². The second-order valence-electron chi connectivity index (χ2n) is 4.43. The summed E-state index contributed by atoms with van der Waals surface area (Å²) in [6.07, 6.45) is 0. The van der Waals surface area contributed by atoms with E-state index in [9.17, 15) is 4.79 Å². The molecular formula is C14H9BrN6O. The van der Waals surface area contributed by atoms with Gasteiger partial charge in [0, 0.05) is 18.6 Å². The van der Waals surface area contributed by atoms with E-state index >= 15 is 0 Å². The molecule has 0 spiro atoms. The largest absolute Gasteiger partial charge is 0.344 e. The van der Waals surface area contributed by atoms with E-state index in [2.05, 4.69) is 21.2 Å². The lowest BCUT2D eigenvalue weighted by Gasteiger charge is -2.08. The number of fused-ring (bicyclic) bond motifs is 1. The molecule has 0 aliphatic rings. The number of nitrogens with one attached hydrogen (secondary N) is 1. The molecule has 22 heavy (non-hydrogen) atoms. The first-order chi connectivity index (χ1) is 10.4. The minimum Gasteiger partial charge on any atom is -0.344 e. The summed E-state index contributed by atoms with van der Waals surface area (Å²) in [5, 5.41) is 29.5. The van der Waals surface area contributed by atoms with E-state index in [-0.39, 0.29) is 17.0 Å². The molecule has 2 aromatic rings. The van der Waals surface area contributed by atoms with Gasteiger partial charge in [-0.05, 0) is 28.1 Å². The van der Waals surface area contributed by atoms with Gasteiger partial charge in [0.25, 0.3) is 0 Å². The van der Waals surface area contributed by atoms with Gasteiger partial charge < -0.3 is 5.32 Å².